The maximum Gasteiger partial charge on any atom is 0.240 e. The lowest BCUT2D eigenvalue weighted by Gasteiger charge is -2.05. The van der Waals surface area contributed by atoms with Crippen molar-refractivity contribution in [1.82, 2.24) is 19.9 Å². The lowest BCUT2D eigenvalue weighted by Crippen LogP contribution is -2.05. The SMILES string of the molecule is CC(C)Oc1cnn(Cc2noc(CN)n2)c1. The van der Waals surface area contributed by atoms with E-state index in [0.29, 0.717) is 18.3 Å². The van der Waals surface area contributed by atoms with Crippen molar-refractivity contribution in [3.05, 3.63) is 24.1 Å². The molecule has 2 aromatic heterocycles. The van der Waals surface area contributed by atoms with Crippen LogP contribution >= 0.6 is 0 Å². The molecule has 0 bridgehead atoms. The molecule has 2 rings (SSSR count). The van der Waals surface area contributed by atoms with Gasteiger partial charge in [0.1, 0.15) is 6.54 Å². The summed E-state index contributed by atoms with van der Waals surface area (Å²) in [6, 6.07) is 0. The van der Waals surface area contributed by atoms with Crippen molar-refractivity contribution in [3.8, 4) is 5.75 Å². The summed E-state index contributed by atoms with van der Waals surface area (Å²) in [5.74, 6) is 1.69. The van der Waals surface area contributed by atoms with E-state index in [1.54, 1.807) is 17.1 Å². The molecule has 0 aliphatic rings. The molecule has 0 radical (unpaired) electrons. The van der Waals surface area contributed by atoms with E-state index in [4.69, 9.17) is 15.0 Å². The highest BCUT2D eigenvalue weighted by Gasteiger charge is 2.07. The van der Waals surface area contributed by atoms with Gasteiger partial charge in [-0.15, -0.1) is 0 Å². The third-order valence-electron chi connectivity index (χ3n) is 1.97. The van der Waals surface area contributed by atoms with Crippen LogP contribution in [0.15, 0.2) is 16.9 Å². The second kappa shape index (κ2) is 4.96. The van der Waals surface area contributed by atoms with E-state index in [0.717, 1.165) is 5.75 Å². The summed E-state index contributed by atoms with van der Waals surface area (Å²) in [4.78, 5) is 4.09. The van der Waals surface area contributed by atoms with Crippen molar-refractivity contribution in [3.63, 3.8) is 0 Å². The summed E-state index contributed by atoms with van der Waals surface area (Å²) in [5, 5.41) is 7.92. The maximum absolute atomic E-state index is 5.49. The van der Waals surface area contributed by atoms with Crippen molar-refractivity contribution in [2.24, 2.45) is 5.73 Å². The molecule has 0 atom stereocenters. The summed E-state index contributed by atoms with van der Waals surface area (Å²) < 4.78 is 12.1. The van der Waals surface area contributed by atoms with E-state index in [-0.39, 0.29) is 12.6 Å². The smallest absolute Gasteiger partial charge is 0.240 e. The third kappa shape index (κ3) is 3.04. The minimum Gasteiger partial charge on any atom is -0.488 e. The molecule has 0 aromatic carbocycles. The van der Waals surface area contributed by atoms with Crippen LogP contribution in [0.4, 0.5) is 0 Å². The van der Waals surface area contributed by atoms with Crippen LogP contribution in [0.3, 0.4) is 0 Å². The van der Waals surface area contributed by atoms with Crippen molar-refractivity contribution in [2.45, 2.75) is 33.0 Å². The molecular formula is C10H15N5O2. The minimum atomic E-state index is 0.127. The normalized spacial score (nSPS) is 11.1. The molecule has 2 N–H and O–H groups in total. The van der Waals surface area contributed by atoms with Crippen LogP contribution in [-0.2, 0) is 13.1 Å². The first-order valence-electron chi connectivity index (χ1n) is 5.38. The van der Waals surface area contributed by atoms with Gasteiger partial charge < -0.3 is 15.0 Å². The predicted octanol–water partition coefficient (Wildman–Crippen LogP) is 0.560. The molecule has 0 unspecified atom stereocenters. The molecule has 2 aromatic rings. The van der Waals surface area contributed by atoms with E-state index in [9.17, 15) is 0 Å². The van der Waals surface area contributed by atoms with Gasteiger partial charge >= 0.3 is 0 Å². The van der Waals surface area contributed by atoms with Gasteiger partial charge in [-0.05, 0) is 13.8 Å². The Balaban J connectivity index is 2.01. The molecule has 7 nitrogen and oxygen atoms in total. The highest BCUT2D eigenvalue weighted by atomic mass is 16.5. The molecule has 17 heavy (non-hydrogen) atoms. The molecule has 0 aliphatic carbocycles. The van der Waals surface area contributed by atoms with Crippen LogP contribution in [0.2, 0.25) is 0 Å². The standard InChI is InChI=1S/C10H15N5O2/c1-7(2)16-8-4-12-15(5-8)6-9-13-10(3-11)17-14-9/h4-5,7H,3,6,11H2,1-2H3. The van der Waals surface area contributed by atoms with Gasteiger partial charge in [0.15, 0.2) is 11.6 Å². The van der Waals surface area contributed by atoms with Crippen LogP contribution < -0.4 is 10.5 Å². The Labute approximate surface area is 98.6 Å². The van der Waals surface area contributed by atoms with Gasteiger partial charge in [-0.3, -0.25) is 4.68 Å². The summed E-state index contributed by atoms with van der Waals surface area (Å²) in [7, 11) is 0. The van der Waals surface area contributed by atoms with Gasteiger partial charge in [0.2, 0.25) is 5.89 Å². The first kappa shape index (κ1) is 11.6. The Morgan fingerprint density at radius 3 is 3.00 bits per heavy atom. The molecule has 0 aliphatic heterocycles. The molecule has 0 saturated carbocycles. The van der Waals surface area contributed by atoms with Crippen molar-refractivity contribution < 1.29 is 9.26 Å². The first-order chi connectivity index (χ1) is 8.17. The number of aromatic nitrogens is 4. The van der Waals surface area contributed by atoms with E-state index in [2.05, 4.69) is 15.2 Å². The van der Waals surface area contributed by atoms with Crippen LogP contribution in [-0.4, -0.2) is 26.0 Å². The summed E-state index contributed by atoms with van der Waals surface area (Å²) >= 11 is 0. The van der Waals surface area contributed by atoms with Crippen LogP contribution in [0, 0.1) is 0 Å². The maximum atomic E-state index is 5.49. The zero-order chi connectivity index (χ0) is 12.3. The van der Waals surface area contributed by atoms with Gasteiger partial charge in [0.05, 0.1) is 25.0 Å². The molecule has 2 heterocycles. The summed E-state index contributed by atoms with van der Waals surface area (Å²) in [5.41, 5.74) is 5.38. The van der Waals surface area contributed by atoms with E-state index < -0.39 is 0 Å². The van der Waals surface area contributed by atoms with Gasteiger partial charge in [0, 0.05) is 0 Å². The van der Waals surface area contributed by atoms with Crippen molar-refractivity contribution in [1.29, 1.82) is 0 Å². The average Bonchev–Trinajstić information content (AvgIpc) is 2.88. The van der Waals surface area contributed by atoms with Gasteiger partial charge in [-0.2, -0.15) is 10.1 Å². The Morgan fingerprint density at radius 1 is 1.53 bits per heavy atom. The van der Waals surface area contributed by atoms with Gasteiger partial charge in [-0.1, -0.05) is 5.16 Å². The van der Waals surface area contributed by atoms with Gasteiger partial charge in [0.25, 0.3) is 0 Å². The zero-order valence-corrected chi connectivity index (χ0v) is 9.83. The molecule has 0 amide bonds. The van der Waals surface area contributed by atoms with Crippen LogP contribution in [0.1, 0.15) is 25.6 Å². The second-order valence-electron chi connectivity index (χ2n) is 3.85. The Morgan fingerprint density at radius 2 is 2.35 bits per heavy atom. The number of rotatable bonds is 5. The fourth-order valence-electron chi connectivity index (χ4n) is 1.35. The topological polar surface area (TPSA) is 92.0 Å². The second-order valence-corrected chi connectivity index (χ2v) is 3.85. The van der Waals surface area contributed by atoms with E-state index in [1.165, 1.54) is 0 Å². The lowest BCUT2D eigenvalue weighted by molar-refractivity contribution is 0.242. The average molecular weight is 237 g/mol. The monoisotopic (exact) mass is 237 g/mol. The number of nitrogens with zero attached hydrogens (tertiary/aromatic N) is 4. The highest BCUT2D eigenvalue weighted by molar-refractivity contribution is 5.12. The Hall–Kier alpha value is -1.89. The number of hydrogen-bond donors (Lipinski definition) is 1. The lowest BCUT2D eigenvalue weighted by atomic mass is 10.5. The number of ether oxygens (including phenoxy) is 1. The van der Waals surface area contributed by atoms with Crippen molar-refractivity contribution in [2.75, 3.05) is 0 Å². The Bertz CT molecular complexity index is 477. The Kier molecular flexibility index (Phi) is 3.38. The van der Waals surface area contributed by atoms with Crippen LogP contribution in [0.5, 0.6) is 5.75 Å². The summed E-state index contributed by atoms with van der Waals surface area (Å²) in [6.45, 7) is 4.60. The first-order valence-corrected chi connectivity index (χ1v) is 5.38. The third-order valence-corrected chi connectivity index (χ3v) is 1.97. The molecule has 0 spiro atoms. The van der Waals surface area contributed by atoms with Crippen molar-refractivity contribution >= 4 is 0 Å². The van der Waals surface area contributed by atoms with Crippen LogP contribution in [0.25, 0.3) is 0 Å². The number of nitrogens with two attached hydrogens (primary N) is 1. The zero-order valence-electron chi connectivity index (χ0n) is 9.83. The van der Waals surface area contributed by atoms with E-state index in [1.807, 2.05) is 13.8 Å². The molecule has 92 valence electrons. The fourth-order valence-corrected chi connectivity index (χ4v) is 1.35. The highest BCUT2D eigenvalue weighted by Crippen LogP contribution is 2.11. The van der Waals surface area contributed by atoms with Gasteiger partial charge in [-0.25, -0.2) is 0 Å². The predicted molar refractivity (Wildman–Crippen MR) is 59.3 cm³/mol. The minimum absolute atomic E-state index is 0.127. The molecule has 0 saturated heterocycles. The fraction of sp³-hybridized carbons (Fsp3) is 0.500. The number of hydrogen-bond acceptors (Lipinski definition) is 6. The molecular weight excluding hydrogens is 222 g/mol. The molecule has 0 fully saturated rings. The largest absolute Gasteiger partial charge is 0.488 e. The van der Waals surface area contributed by atoms with E-state index >= 15 is 0 Å². The quantitative estimate of drug-likeness (QED) is 0.816. The molecule has 7 heteroatoms. The summed E-state index contributed by atoms with van der Waals surface area (Å²) in [6.07, 6.45) is 3.57.